The van der Waals surface area contributed by atoms with Gasteiger partial charge in [-0.1, -0.05) is 313 Å². The van der Waals surface area contributed by atoms with Crippen LogP contribution in [0.1, 0.15) is 27.7 Å². The first-order chi connectivity index (χ1) is 55.3. The van der Waals surface area contributed by atoms with Crippen LogP contribution in [0.4, 0.5) is 5.69 Å². The number of hydrogen-bond donors (Lipinski definition) is 1. The van der Waals surface area contributed by atoms with Crippen LogP contribution in [-0.2, 0) is 9.31 Å². The molecule has 22 aromatic rings. The molecule has 23 rings (SSSR count). The number of benzene rings is 17. The molecule has 544 valence electrons. The van der Waals surface area contributed by atoms with Crippen LogP contribution in [-0.4, -0.2) is 28.2 Å². The number of nitrogens with zero attached hydrogens (tertiary/aromatic N) is 1. The summed E-state index contributed by atoms with van der Waals surface area (Å²) in [5.74, 6) is 0. The molecular formula is C100H71BBrN2O4PS4. The van der Waals surface area contributed by atoms with E-state index in [1.807, 2.05) is 76.5 Å². The van der Waals surface area contributed by atoms with Gasteiger partial charge in [0.1, 0.15) is 0 Å². The molecule has 1 saturated heterocycles. The second-order valence-electron chi connectivity index (χ2n) is 29.3. The van der Waals surface area contributed by atoms with E-state index < -0.39 is 7.92 Å². The van der Waals surface area contributed by atoms with E-state index in [2.05, 4.69) is 346 Å². The molecule has 0 spiro atoms. The zero-order valence-electron chi connectivity index (χ0n) is 62.1. The number of nitro groups is 1. The van der Waals surface area contributed by atoms with E-state index in [9.17, 15) is 10.1 Å². The minimum absolute atomic E-state index is 0.136. The molecule has 17 aromatic carbocycles. The number of aromatic amines is 1. The average molecular weight is 1610 g/mol. The SMILES string of the molecule is Brc1cc2c3ccccc3sc2c2ccccc12.CC1(C)OB(c2cc3c4ccccc4sc3c3ccccc23)OC1(C)C.O=[N+]([O-])c1ccccc1-c1cc2c3ccccc3sc2c2ccccc12.c1ccc(P(c2ccccc2)c2ccccc2)cc1.c1ccc2c(c1)[nH]c1c2c2ccccc2c2sc3ccccc3c12. The van der Waals surface area contributed by atoms with Crippen LogP contribution in [0.25, 0.3) is 157 Å². The van der Waals surface area contributed by atoms with Gasteiger partial charge in [-0.2, -0.15) is 0 Å². The summed E-state index contributed by atoms with van der Waals surface area (Å²) < 4.78 is 24.5. The summed E-state index contributed by atoms with van der Waals surface area (Å²) in [7, 11) is -0.800. The highest BCUT2D eigenvalue weighted by molar-refractivity contribution is 9.10. The number of thiophene rings is 4. The molecule has 0 amide bonds. The van der Waals surface area contributed by atoms with Crippen LogP contribution in [0.5, 0.6) is 0 Å². The fourth-order valence-electron chi connectivity index (χ4n) is 16.0. The minimum atomic E-state index is -0.446. The Balaban J connectivity index is 0.0000000956. The third-order valence-corrected chi connectivity index (χ3v) is 30.0. The van der Waals surface area contributed by atoms with Crippen LogP contribution in [0.15, 0.2) is 356 Å². The van der Waals surface area contributed by atoms with E-state index in [1.54, 1.807) is 23.5 Å². The highest BCUT2D eigenvalue weighted by Gasteiger charge is 2.52. The summed E-state index contributed by atoms with van der Waals surface area (Å²) in [6.45, 7) is 8.42. The van der Waals surface area contributed by atoms with E-state index in [-0.39, 0.29) is 28.9 Å². The van der Waals surface area contributed by atoms with Gasteiger partial charge in [-0.15, -0.1) is 45.3 Å². The Morgan fingerprint density at radius 2 is 0.690 bits per heavy atom. The zero-order valence-corrected chi connectivity index (χ0v) is 67.8. The first-order valence-corrected chi connectivity index (χ1v) is 43.1. The molecule has 5 aromatic heterocycles. The van der Waals surface area contributed by atoms with Crippen molar-refractivity contribution >= 4 is 249 Å². The Labute approximate surface area is 678 Å². The van der Waals surface area contributed by atoms with Gasteiger partial charge in [0.25, 0.3) is 5.69 Å². The van der Waals surface area contributed by atoms with Crippen molar-refractivity contribution in [2.75, 3.05) is 0 Å². The molecule has 0 saturated carbocycles. The highest BCUT2D eigenvalue weighted by atomic mass is 79.9. The molecule has 1 aliphatic rings. The van der Waals surface area contributed by atoms with E-state index >= 15 is 0 Å². The van der Waals surface area contributed by atoms with Crippen molar-refractivity contribution in [2.24, 2.45) is 0 Å². The summed E-state index contributed by atoms with van der Waals surface area (Å²) in [5, 5.41) is 38.7. The third-order valence-electron chi connectivity index (χ3n) is 22.1. The average Bonchev–Trinajstić information content (AvgIpc) is 1.25. The number of nitro benzene ring substituents is 1. The van der Waals surface area contributed by atoms with Gasteiger partial charge in [-0.3, -0.25) is 10.1 Å². The molecule has 0 aliphatic carbocycles. The molecule has 0 unspecified atom stereocenters. The van der Waals surface area contributed by atoms with Gasteiger partial charge in [-0.05, 0) is 138 Å². The van der Waals surface area contributed by atoms with Gasteiger partial charge >= 0.3 is 7.12 Å². The van der Waals surface area contributed by atoms with Gasteiger partial charge in [0.2, 0.25) is 0 Å². The normalized spacial score (nSPS) is 13.2. The van der Waals surface area contributed by atoms with Gasteiger partial charge in [0, 0.05) is 124 Å². The molecule has 1 N–H and O–H groups in total. The second kappa shape index (κ2) is 30.0. The summed E-state index contributed by atoms with van der Waals surface area (Å²) in [6, 6.07) is 123. The van der Waals surface area contributed by atoms with Gasteiger partial charge in [0.15, 0.2) is 0 Å². The summed E-state index contributed by atoms with van der Waals surface area (Å²) in [4.78, 5) is 15.0. The zero-order chi connectivity index (χ0) is 76.5. The summed E-state index contributed by atoms with van der Waals surface area (Å²) in [6.07, 6.45) is 0. The maximum Gasteiger partial charge on any atom is 0.495 e. The maximum atomic E-state index is 11.6. The van der Waals surface area contributed by atoms with E-state index in [1.165, 1.54) is 150 Å². The number of H-pyrrole nitrogens is 1. The molecule has 6 nitrogen and oxygen atoms in total. The number of para-hydroxylation sites is 2. The van der Waals surface area contributed by atoms with Crippen molar-refractivity contribution in [1.82, 2.24) is 4.98 Å². The van der Waals surface area contributed by atoms with Crippen LogP contribution in [0.3, 0.4) is 0 Å². The molecule has 0 atom stereocenters. The van der Waals surface area contributed by atoms with E-state index in [0.29, 0.717) is 5.56 Å². The van der Waals surface area contributed by atoms with Crippen molar-refractivity contribution < 1.29 is 14.2 Å². The van der Waals surface area contributed by atoms with Gasteiger partial charge < -0.3 is 14.3 Å². The monoisotopic (exact) mass is 1610 g/mol. The summed E-state index contributed by atoms with van der Waals surface area (Å²) in [5.41, 5.74) is 4.61. The van der Waals surface area contributed by atoms with Crippen molar-refractivity contribution in [1.29, 1.82) is 0 Å². The first-order valence-electron chi connectivity index (χ1n) is 37.7. The third kappa shape index (κ3) is 13.1. The summed E-state index contributed by atoms with van der Waals surface area (Å²) >= 11 is 11.1. The predicted octanol–water partition coefficient (Wildman–Crippen LogP) is 28.5. The molecule has 0 radical (unpaired) electrons. The Hall–Kier alpha value is -11.2. The predicted molar refractivity (Wildman–Crippen MR) is 497 cm³/mol. The lowest BCUT2D eigenvalue weighted by atomic mass is 9.75. The molecule has 13 heteroatoms. The standard InChI is InChI=1S/C22H21BO2S.C22H13NO2S.C22H13NS.C18H15P.C16H9BrS/c1-21(2)22(3,4)25-23(24-21)18-13-17-15-10-7-8-12-19(15)26-20(17)16-11-6-5-9-14(16)18;24-23(25)20-11-5-3-8-15(20)18-13-19-16-9-4-6-12-21(16)26-22(19)17-10-2-1-7-14(17)18;1-2-8-14-13(7-1)19-15-9-3-5-11-17(15)23-21(19)20-16-10-4-6-12-18(16)24-22(14)20;1-4-10-16(11-5-1)19(17-12-6-2-7-13-17)18-14-8-3-9-15-18;17-14-9-13-11-6-3-4-8-15(11)18-16(13)12-7-2-1-5-10(12)14/h5-13H,1-4H3;1-13H;1-12,23H;1-15H;1-9H. The van der Waals surface area contributed by atoms with Crippen LogP contribution < -0.4 is 21.4 Å². The van der Waals surface area contributed by atoms with Crippen molar-refractivity contribution in [3.63, 3.8) is 0 Å². The van der Waals surface area contributed by atoms with Crippen molar-refractivity contribution in [2.45, 2.75) is 38.9 Å². The maximum absolute atomic E-state index is 11.6. The lowest BCUT2D eigenvalue weighted by Crippen LogP contribution is -2.41. The number of fused-ring (bicyclic) bond motifs is 25. The second-order valence-corrected chi connectivity index (χ2v) is 36.6. The lowest BCUT2D eigenvalue weighted by Gasteiger charge is -2.32. The van der Waals surface area contributed by atoms with Crippen molar-refractivity contribution in [3.05, 3.63) is 366 Å². The minimum Gasteiger partial charge on any atom is -0.399 e. The van der Waals surface area contributed by atoms with Crippen LogP contribution in [0.2, 0.25) is 0 Å². The fraction of sp³-hybridized carbons (Fsp3) is 0.0600. The number of hydrogen-bond acceptors (Lipinski definition) is 8. The number of rotatable bonds is 6. The Bertz CT molecular complexity index is 7310. The Morgan fingerprint density at radius 3 is 1.20 bits per heavy atom. The molecule has 6 heterocycles. The number of nitrogens with one attached hydrogen (secondary N) is 1. The molecule has 1 aliphatic heterocycles. The largest absolute Gasteiger partial charge is 0.495 e. The molecule has 0 bridgehead atoms. The van der Waals surface area contributed by atoms with Crippen LogP contribution in [0, 0.1) is 10.1 Å². The van der Waals surface area contributed by atoms with Crippen LogP contribution >= 0.6 is 69.2 Å². The highest BCUT2D eigenvalue weighted by Crippen LogP contribution is 2.49. The van der Waals surface area contributed by atoms with Gasteiger partial charge in [0.05, 0.1) is 27.2 Å². The van der Waals surface area contributed by atoms with Gasteiger partial charge in [-0.25, -0.2) is 0 Å². The molecule has 113 heavy (non-hydrogen) atoms. The lowest BCUT2D eigenvalue weighted by molar-refractivity contribution is -0.384. The molecular weight excluding hydrogens is 1540 g/mol. The topological polar surface area (TPSA) is 77.4 Å². The van der Waals surface area contributed by atoms with Crippen molar-refractivity contribution in [3.8, 4) is 11.1 Å². The number of halogens is 1. The Kier molecular flexibility index (Phi) is 19.1. The Morgan fingerprint density at radius 1 is 0.336 bits per heavy atom. The fourth-order valence-corrected chi connectivity index (χ4v) is 23.8. The van der Waals surface area contributed by atoms with E-state index in [0.717, 1.165) is 27.2 Å². The molecule has 1 fully saturated rings. The number of aromatic nitrogens is 1. The smallest absolute Gasteiger partial charge is 0.399 e. The first kappa shape index (κ1) is 72.0. The van der Waals surface area contributed by atoms with E-state index in [4.69, 9.17) is 9.31 Å². The quantitative estimate of drug-likeness (QED) is 0.0779.